The molecule has 2 heterocycles. The van der Waals surface area contributed by atoms with E-state index >= 15 is 0 Å². The quantitative estimate of drug-likeness (QED) is 0.589. The zero-order chi connectivity index (χ0) is 12.8. The molecular weight excluding hydrogens is 253 g/mol. The molecular formula is C11H14N3O3P+2. The molecule has 0 N–H and O–H groups in total. The standard InChI is InChI=1S/C11H14N3O3P/c1-16-18(15)8-2-5-14-6-3-10(9-13-14)11-12-4-7-17-11/h3-4,6-7,9H,2,5,8H2,1H3/q+2. The molecule has 18 heavy (non-hydrogen) atoms. The Morgan fingerprint density at radius 1 is 1.56 bits per heavy atom. The molecule has 0 aliphatic carbocycles. The van der Waals surface area contributed by atoms with Crippen LogP contribution in [-0.2, 0) is 15.6 Å². The van der Waals surface area contributed by atoms with Crippen LogP contribution in [0.2, 0.25) is 0 Å². The Balaban J connectivity index is 1.90. The van der Waals surface area contributed by atoms with Crippen molar-refractivity contribution >= 4 is 8.03 Å². The molecule has 2 aromatic heterocycles. The molecule has 0 spiro atoms. The molecule has 0 radical (unpaired) electrons. The van der Waals surface area contributed by atoms with Crippen molar-refractivity contribution in [2.45, 2.75) is 13.0 Å². The Bertz CT molecular complexity index is 499. The van der Waals surface area contributed by atoms with Crippen LogP contribution in [0.15, 0.2) is 35.3 Å². The van der Waals surface area contributed by atoms with Gasteiger partial charge in [0.2, 0.25) is 5.89 Å². The number of nitrogens with zero attached hydrogens (tertiary/aromatic N) is 3. The van der Waals surface area contributed by atoms with E-state index in [1.165, 1.54) is 13.4 Å². The summed E-state index contributed by atoms with van der Waals surface area (Å²) in [5, 5.41) is 4.24. The van der Waals surface area contributed by atoms with E-state index in [0.717, 1.165) is 12.0 Å². The summed E-state index contributed by atoms with van der Waals surface area (Å²) in [6.45, 7) is 0.705. The molecule has 1 unspecified atom stereocenters. The number of hydrogen-bond donors (Lipinski definition) is 0. The number of rotatable bonds is 6. The first-order chi connectivity index (χ1) is 8.79. The summed E-state index contributed by atoms with van der Waals surface area (Å²) in [6, 6.07) is 1.88. The summed E-state index contributed by atoms with van der Waals surface area (Å²) in [5.74, 6) is 0.553. The van der Waals surface area contributed by atoms with Crippen molar-refractivity contribution in [1.82, 2.24) is 10.1 Å². The fourth-order valence-corrected chi connectivity index (χ4v) is 2.04. The number of aryl methyl sites for hydroxylation is 1. The summed E-state index contributed by atoms with van der Waals surface area (Å²) >= 11 is 0. The summed E-state index contributed by atoms with van der Waals surface area (Å²) in [7, 11) is -0.0730. The van der Waals surface area contributed by atoms with Gasteiger partial charge < -0.3 is 4.42 Å². The molecule has 94 valence electrons. The van der Waals surface area contributed by atoms with Gasteiger partial charge in [-0.2, -0.15) is 0 Å². The molecule has 0 saturated heterocycles. The predicted octanol–water partition coefficient (Wildman–Crippen LogP) is 1.80. The Kier molecular flexibility index (Phi) is 4.50. The average molecular weight is 267 g/mol. The van der Waals surface area contributed by atoms with Gasteiger partial charge in [0.05, 0.1) is 25.3 Å². The van der Waals surface area contributed by atoms with Gasteiger partial charge in [-0.1, -0.05) is 4.68 Å². The Morgan fingerprint density at radius 2 is 2.44 bits per heavy atom. The summed E-state index contributed by atoms with van der Waals surface area (Å²) in [4.78, 5) is 4.04. The molecule has 6 nitrogen and oxygen atoms in total. The molecule has 0 aliphatic heterocycles. The highest BCUT2D eigenvalue weighted by Crippen LogP contribution is 2.20. The largest absolute Gasteiger partial charge is 0.508 e. The molecule has 0 aliphatic rings. The first-order valence-corrected chi connectivity index (χ1v) is 6.90. The smallest absolute Gasteiger partial charge is 0.444 e. The van der Waals surface area contributed by atoms with Gasteiger partial charge >= 0.3 is 8.03 Å². The van der Waals surface area contributed by atoms with Gasteiger partial charge in [-0.15, -0.1) is 4.52 Å². The van der Waals surface area contributed by atoms with Crippen LogP contribution < -0.4 is 4.68 Å². The molecule has 2 aromatic rings. The Labute approximate surface area is 105 Å². The van der Waals surface area contributed by atoms with Crippen LogP contribution in [0.25, 0.3) is 11.5 Å². The number of oxazole rings is 1. The fourth-order valence-electron chi connectivity index (χ4n) is 1.46. The van der Waals surface area contributed by atoms with E-state index in [2.05, 4.69) is 10.1 Å². The highest BCUT2D eigenvalue weighted by Gasteiger charge is 2.16. The molecule has 0 fully saturated rings. The zero-order valence-corrected chi connectivity index (χ0v) is 10.9. The van der Waals surface area contributed by atoms with Crippen molar-refractivity contribution in [3.8, 4) is 11.5 Å². The summed E-state index contributed by atoms with van der Waals surface area (Å²) < 4.78 is 22.8. The minimum Gasteiger partial charge on any atom is -0.444 e. The molecule has 0 saturated carbocycles. The molecule has 2 rings (SSSR count). The lowest BCUT2D eigenvalue weighted by molar-refractivity contribution is -0.753. The SMILES string of the molecule is CO[P+](=O)CCC[n+]1ccc(-c2ncco2)cn1. The third-order valence-electron chi connectivity index (χ3n) is 2.38. The summed E-state index contributed by atoms with van der Waals surface area (Å²) in [6.07, 6.45) is 7.97. The zero-order valence-electron chi connectivity index (χ0n) is 10.0. The number of aromatic nitrogens is 3. The molecule has 0 amide bonds. The van der Waals surface area contributed by atoms with Gasteiger partial charge in [-0.05, 0) is 9.66 Å². The normalized spacial score (nSPS) is 11.5. The van der Waals surface area contributed by atoms with Crippen LogP contribution in [0.5, 0.6) is 0 Å². The van der Waals surface area contributed by atoms with Gasteiger partial charge in [0.25, 0.3) is 0 Å². The highest BCUT2D eigenvalue weighted by molar-refractivity contribution is 7.39. The van der Waals surface area contributed by atoms with E-state index in [0.29, 0.717) is 18.6 Å². The minimum atomic E-state index is -1.53. The van der Waals surface area contributed by atoms with E-state index in [4.69, 9.17) is 8.94 Å². The van der Waals surface area contributed by atoms with Crippen molar-refractivity contribution in [1.29, 1.82) is 0 Å². The fraction of sp³-hybridized carbons (Fsp3) is 0.364. The van der Waals surface area contributed by atoms with E-state index in [9.17, 15) is 4.57 Å². The molecule has 0 bridgehead atoms. The maximum atomic E-state index is 11.1. The maximum absolute atomic E-state index is 11.1. The van der Waals surface area contributed by atoms with Crippen LogP contribution in [0, 0.1) is 0 Å². The predicted molar refractivity (Wildman–Crippen MR) is 64.0 cm³/mol. The first-order valence-electron chi connectivity index (χ1n) is 5.54. The van der Waals surface area contributed by atoms with Crippen LogP contribution in [0.4, 0.5) is 0 Å². The molecule has 7 heteroatoms. The van der Waals surface area contributed by atoms with E-state index in [1.54, 1.807) is 17.1 Å². The average Bonchev–Trinajstić information content (AvgIpc) is 2.93. The minimum absolute atomic E-state index is 0.544. The maximum Gasteiger partial charge on any atom is 0.508 e. The van der Waals surface area contributed by atoms with Gasteiger partial charge in [0.1, 0.15) is 12.5 Å². The van der Waals surface area contributed by atoms with Gasteiger partial charge in [-0.25, -0.2) is 4.98 Å². The van der Waals surface area contributed by atoms with Crippen molar-refractivity contribution in [3.63, 3.8) is 0 Å². The van der Waals surface area contributed by atoms with E-state index in [1.807, 2.05) is 12.3 Å². The van der Waals surface area contributed by atoms with Crippen molar-refractivity contribution in [2.75, 3.05) is 13.3 Å². The van der Waals surface area contributed by atoms with Gasteiger partial charge in [0.15, 0.2) is 18.9 Å². The van der Waals surface area contributed by atoms with Crippen LogP contribution in [0.3, 0.4) is 0 Å². The van der Waals surface area contributed by atoms with Crippen molar-refractivity contribution < 1.29 is 18.2 Å². The second kappa shape index (κ2) is 6.33. The third-order valence-corrected chi connectivity index (χ3v) is 3.47. The van der Waals surface area contributed by atoms with Crippen molar-refractivity contribution in [2.24, 2.45) is 0 Å². The van der Waals surface area contributed by atoms with Crippen LogP contribution >= 0.6 is 8.03 Å². The monoisotopic (exact) mass is 267 g/mol. The van der Waals surface area contributed by atoms with E-state index < -0.39 is 8.03 Å². The lowest BCUT2D eigenvalue weighted by Crippen LogP contribution is -2.37. The Hall–Kier alpha value is -1.65. The first kappa shape index (κ1) is 12.8. The molecule has 1 atom stereocenters. The second-order valence-electron chi connectivity index (χ2n) is 3.61. The lowest BCUT2D eigenvalue weighted by atomic mass is 10.3. The topological polar surface area (TPSA) is 69.1 Å². The number of hydrogen-bond acceptors (Lipinski definition) is 5. The molecule has 0 aromatic carbocycles. The second-order valence-corrected chi connectivity index (χ2v) is 5.09. The van der Waals surface area contributed by atoms with Gasteiger partial charge in [0, 0.05) is 6.07 Å². The third kappa shape index (κ3) is 3.42. The van der Waals surface area contributed by atoms with Gasteiger partial charge in [-0.3, -0.25) is 0 Å². The lowest BCUT2D eigenvalue weighted by Gasteiger charge is -1.93. The Morgan fingerprint density at radius 3 is 3.06 bits per heavy atom. The highest BCUT2D eigenvalue weighted by atomic mass is 31.1. The van der Waals surface area contributed by atoms with Crippen LogP contribution in [0.1, 0.15) is 6.42 Å². The summed E-state index contributed by atoms with van der Waals surface area (Å²) in [5.41, 5.74) is 0.833. The van der Waals surface area contributed by atoms with E-state index in [-0.39, 0.29) is 0 Å². The van der Waals surface area contributed by atoms with Crippen LogP contribution in [-0.4, -0.2) is 23.4 Å². The van der Waals surface area contributed by atoms with Crippen molar-refractivity contribution in [3.05, 3.63) is 30.9 Å².